The average Bonchev–Trinajstić information content (AvgIpc) is 3.27. The van der Waals surface area contributed by atoms with E-state index in [2.05, 4.69) is 26.6 Å². The Hall–Kier alpha value is -2.18. The Balaban J connectivity index is 1.92. The number of rotatable bonds is 3. The predicted molar refractivity (Wildman–Crippen MR) is 92.9 cm³/mol. The number of thiazole rings is 1. The summed E-state index contributed by atoms with van der Waals surface area (Å²) in [5.41, 5.74) is 1.78. The zero-order valence-corrected chi connectivity index (χ0v) is 14.2. The normalized spacial score (nSPS) is 12.8. The summed E-state index contributed by atoms with van der Waals surface area (Å²) in [6.07, 6.45) is 5.57. The van der Waals surface area contributed by atoms with Gasteiger partial charge in [0.25, 0.3) is 0 Å². The second-order valence-electron chi connectivity index (χ2n) is 5.31. The van der Waals surface area contributed by atoms with E-state index in [0.29, 0.717) is 5.02 Å². The van der Waals surface area contributed by atoms with E-state index >= 15 is 0 Å². The van der Waals surface area contributed by atoms with Crippen LogP contribution in [0.15, 0.2) is 42.2 Å². The third-order valence-electron chi connectivity index (χ3n) is 3.93. The number of benzene rings is 1. The van der Waals surface area contributed by atoms with Gasteiger partial charge in [-0.3, -0.25) is 4.68 Å². The fraction of sp³-hybridized carbons (Fsp3) is 0.188. The monoisotopic (exact) mass is 343 g/mol. The standard InChI is InChI=1S/C16H14ClN5S/c1-10(16-19-7-9-23-16)22-8-6-18-15(22)14-13-11(17)4-3-5-12(13)21(2)20-14/h3-10H,1-2H3. The maximum atomic E-state index is 6.42. The van der Waals surface area contributed by atoms with E-state index < -0.39 is 0 Å². The first-order valence-electron chi connectivity index (χ1n) is 7.20. The van der Waals surface area contributed by atoms with Gasteiger partial charge in [-0.25, -0.2) is 9.97 Å². The average molecular weight is 344 g/mol. The third-order valence-corrected chi connectivity index (χ3v) is 5.19. The molecule has 0 N–H and O–H groups in total. The molecule has 1 atom stereocenters. The number of hydrogen-bond acceptors (Lipinski definition) is 4. The van der Waals surface area contributed by atoms with E-state index in [0.717, 1.165) is 27.4 Å². The van der Waals surface area contributed by atoms with Crippen LogP contribution in [0, 0.1) is 0 Å². The molecule has 23 heavy (non-hydrogen) atoms. The number of fused-ring (bicyclic) bond motifs is 1. The SMILES string of the molecule is CC(c1nccs1)n1ccnc1-c1nn(C)c2cccc(Cl)c12. The van der Waals surface area contributed by atoms with Gasteiger partial charge in [0.15, 0.2) is 5.82 Å². The third kappa shape index (κ3) is 2.26. The van der Waals surface area contributed by atoms with Gasteiger partial charge < -0.3 is 4.57 Å². The molecule has 7 heteroatoms. The zero-order chi connectivity index (χ0) is 16.0. The highest BCUT2D eigenvalue weighted by Crippen LogP contribution is 2.34. The van der Waals surface area contributed by atoms with Crippen molar-refractivity contribution in [1.82, 2.24) is 24.3 Å². The number of aryl methyl sites for hydroxylation is 1. The summed E-state index contributed by atoms with van der Waals surface area (Å²) < 4.78 is 3.92. The molecule has 3 heterocycles. The molecule has 0 bridgehead atoms. The minimum absolute atomic E-state index is 0.0899. The van der Waals surface area contributed by atoms with Crippen molar-refractivity contribution in [1.29, 1.82) is 0 Å². The molecule has 0 fully saturated rings. The van der Waals surface area contributed by atoms with Crippen LogP contribution in [0.3, 0.4) is 0 Å². The first-order chi connectivity index (χ1) is 11.2. The summed E-state index contributed by atoms with van der Waals surface area (Å²) in [4.78, 5) is 8.94. The van der Waals surface area contributed by atoms with Crippen molar-refractivity contribution in [3.05, 3.63) is 52.2 Å². The van der Waals surface area contributed by atoms with Crippen LogP contribution in [0.4, 0.5) is 0 Å². The van der Waals surface area contributed by atoms with Crippen molar-refractivity contribution in [2.75, 3.05) is 0 Å². The molecule has 1 aromatic carbocycles. The molecule has 0 saturated heterocycles. The van der Waals surface area contributed by atoms with Crippen LogP contribution in [0.5, 0.6) is 0 Å². The van der Waals surface area contributed by atoms with Gasteiger partial charge in [-0.2, -0.15) is 5.10 Å². The number of hydrogen-bond donors (Lipinski definition) is 0. The largest absolute Gasteiger partial charge is 0.320 e. The fourth-order valence-corrected chi connectivity index (χ4v) is 3.75. The molecule has 0 spiro atoms. The van der Waals surface area contributed by atoms with Crippen molar-refractivity contribution in [2.45, 2.75) is 13.0 Å². The van der Waals surface area contributed by atoms with Gasteiger partial charge in [-0.15, -0.1) is 11.3 Å². The Morgan fingerprint density at radius 1 is 1.22 bits per heavy atom. The lowest BCUT2D eigenvalue weighted by Gasteiger charge is -2.13. The highest BCUT2D eigenvalue weighted by molar-refractivity contribution is 7.09. The summed E-state index contributed by atoms with van der Waals surface area (Å²) in [7, 11) is 1.92. The van der Waals surface area contributed by atoms with Crippen molar-refractivity contribution >= 4 is 33.8 Å². The van der Waals surface area contributed by atoms with E-state index in [4.69, 9.17) is 11.6 Å². The Morgan fingerprint density at radius 3 is 2.87 bits per heavy atom. The van der Waals surface area contributed by atoms with E-state index in [1.54, 1.807) is 17.5 Å². The fourth-order valence-electron chi connectivity index (χ4n) is 2.80. The molecule has 5 nitrogen and oxygen atoms in total. The number of nitrogens with zero attached hydrogens (tertiary/aromatic N) is 5. The Labute approximate surface area is 142 Å². The summed E-state index contributed by atoms with van der Waals surface area (Å²) in [6, 6.07) is 5.91. The van der Waals surface area contributed by atoms with Gasteiger partial charge in [0.2, 0.25) is 0 Å². The van der Waals surface area contributed by atoms with Gasteiger partial charge in [-0.1, -0.05) is 17.7 Å². The molecule has 4 aromatic rings. The number of imidazole rings is 1. The molecule has 0 aliphatic rings. The molecule has 0 amide bonds. The molecule has 0 saturated carbocycles. The van der Waals surface area contributed by atoms with Crippen LogP contribution in [0.1, 0.15) is 18.0 Å². The lowest BCUT2D eigenvalue weighted by Crippen LogP contribution is -2.07. The van der Waals surface area contributed by atoms with Crippen LogP contribution in [-0.4, -0.2) is 24.3 Å². The van der Waals surface area contributed by atoms with Crippen molar-refractivity contribution < 1.29 is 0 Å². The minimum atomic E-state index is 0.0899. The maximum absolute atomic E-state index is 6.42. The van der Waals surface area contributed by atoms with E-state index in [9.17, 15) is 0 Å². The molecule has 116 valence electrons. The molecule has 3 aromatic heterocycles. The van der Waals surface area contributed by atoms with E-state index in [1.165, 1.54) is 0 Å². The van der Waals surface area contributed by atoms with Crippen LogP contribution in [0.2, 0.25) is 5.02 Å². The number of halogens is 1. The van der Waals surface area contributed by atoms with Gasteiger partial charge >= 0.3 is 0 Å². The lowest BCUT2D eigenvalue weighted by atomic mass is 10.2. The molecule has 4 rings (SSSR count). The summed E-state index contributed by atoms with van der Waals surface area (Å²) in [6.45, 7) is 2.11. The summed E-state index contributed by atoms with van der Waals surface area (Å²) >= 11 is 8.06. The number of aromatic nitrogens is 5. The Bertz CT molecular complexity index is 970. The first kappa shape index (κ1) is 14.4. The second-order valence-corrected chi connectivity index (χ2v) is 6.64. The molecule has 0 aliphatic carbocycles. The highest BCUT2D eigenvalue weighted by atomic mass is 35.5. The Kier molecular flexibility index (Phi) is 3.43. The van der Waals surface area contributed by atoms with Crippen LogP contribution in [0.25, 0.3) is 22.4 Å². The second kappa shape index (κ2) is 5.47. The lowest BCUT2D eigenvalue weighted by molar-refractivity contribution is 0.638. The van der Waals surface area contributed by atoms with Gasteiger partial charge in [0, 0.05) is 36.4 Å². The maximum Gasteiger partial charge on any atom is 0.161 e. The molecular weight excluding hydrogens is 330 g/mol. The van der Waals surface area contributed by atoms with Gasteiger partial charge in [-0.05, 0) is 19.1 Å². The van der Waals surface area contributed by atoms with Crippen LogP contribution >= 0.6 is 22.9 Å². The molecular formula is C16H14ClN5S. The quantitative estimate of drug-likeness (QED) is 0.561. The summed E-state index contributed by atoms with van der Waals surface area (Å²) in [5, 5.41) is 9.28. The molecule has 0 aliphatic heterocycles. The smallest absolute Gasteiger partial charge is 0.161 e. The van der Waals surface area contributed by atoms with E-state index in [1.807, 2.05) is 47.7 Å². The summed E-state index contributed by atoms with van der Waals surface area (Å²) in [5.74, 6) is 0.798. The minimum Gasteiger partial charge on any atom is -0.320 e. The highest BCUT2D eigenvalue weighted by Gasteiger charge is 2.21. The van der Waals surface area contributed by atoms with Gasteiger partial charge in [0.05, 0.1) is 16.6 Å². The first-order valence-corrected chi connectivity index (χ1v) is 8.46. The Morgan fingerprint density at radius 2 is 2.09 bits per heavy atom. The van der Waals surface area contributed by atoms with Crippen LogP contribution in [-0.2, 0) is 7.05 Å². The van der Waals surface area contributed by atoms with E-state index in [-0.39, 0.29) is 6.04 Å². The van der Waals surface area contributed by atoms with Crippen molar-refractivity contribution in [2.24, 2.45) is 7.05 Å². The van der Waals surface area contributed by atoms with Gasteiger partial charge in [0.1, 0.15) is 10.7 Å². The molecule has 0 radical (unpaired) electrons. The zero-order valence-electron chi connectivity index (χ0n) is 12.6. The predicted octanol–water partition coefficient (Wildman–Crippen LogP) is 4.16. The van der Waals surface area contributed by atoms with Crippen molar-refractivity contribution in [3.8, 4) is 11.5 Å². The van der Waals surface area contributed by atoms with Crippen LogP contribution < -0.4 is 0 Å². The topological polar surface area (TPSA) is 48.5 Å². The molecule has 1 unspecified atom stereocenters. The van der Waals surface area contributed by atoms with Crippen molar-refractivity contribution in [3.63, 3.8) is 0 Å².